The number of rotatable bonds is 7. The number of carbonyl (C=O) groups excluding carboxylic acids is 4. The Balaban J connectivity index is 0.00000132. The zero-order chi connectivity index (χ0) is 22.4. The van der Waals surface area contributed by atoms with Crippen LogP contribution in [0.3, 0.4) is 0 Å². The van der Waals surface area contributed by atoms with Gasteiger partial charge in [-0.1, -0.05) is 13.8 Å². The summed E-state index contributed by atoms with van der Waals surface area (Å²) in [5, 5.41) is 2.18. The zero-order valence-corrected chi connectivity index (χ0v) is 17.8. The molecule has 4 rings (SSSR count). The first kappa shape index (κ1) is 22.9. The van der Waals surface area contributed by atoms with E-state index in [-0.39, 0.29) is 30.3 Å². The number of benzene rings is 1. The lowest BCUT2D eigenvalue weighted by Crippen LogP contribution is -2.54. The predicted octanol–water partition coefficient (Wildman–Crippen LogP) is 2.04. The lowest BCUT2D eigenvalue weighted by molar-refractivity contribution is -0.136. The first-order valence-corrected chi connectivity index (χ1v) is 10.8. The Morgan fingerprint density at radius 3 is 2.45 bits per heavy atom. The Hall–Kier alpha value is -2.78. The first-order valence-electron chi connectivity index (χ1n) is 10.8. The third-order valence-corrected chi connectivity index (χ3v) is 5.20. The van der Waals surface area contributed by atoms with Crippen LogP contribution in [0, 0.1) is 0 Å². The fourth-order valence-electron chi connectivity index (χ4n) is 3.72. The Morgan fingerprint density at radius 1 is 1.03 bits per heavy atom. The molecule has 9 nitrogen and oxygen atoms in total. The lowest BCUT2D eigenvalue weighted by atomic mass is 10.0. The van der Waals surface area contributed by atoms with Gasteiger partial charge in [0.1, 0.15) is 11.8 Å². The van der Waals surface area contributed by atoms with Crippen LogP contribution in [0.2, 0.25) is 0 Å². The molecule has 2 fully saturated rings. The van der Waals surface area contributed by atoms with Gasteiger partial charge in [0.15, 0.2) is 6.29 Å². The molecule has 1 unspecified atom stereocenters. The van der Waals surface area contributed by atoms with Gasteiger partial charge in [0, 0.05) is 6.42 Å². The van der Waals surface area contributed by atoms with Crippen molar-refractivity contribution >= 4 is 23.6 Å². The summed E-state index contributed by atoms with van der Waals surface area (Å²) >= 11 is 0. The average Bonchev–Trinajstić information content (AvgIpc) is 3.37. The van der Waals surface area contributed by atoms with E-state index >= 15 is 0 Å². The van der Waals surface area contributed by atoms with E-state index in [0.29, 0.717) is 25.6 Å². The number of ether oxygens (including phenoxy) is 3. The molecule has 3 heterocycles. The fraction of sp³-hybridized carbons (Fsp3) is 0.545. The number of nitrogens with zero attached hydrogens (tertiary/aromatic N) is 1. The molecule has 168 valence electrons. The smallest absolute Gasteiger partial charge is 0.262 e. The molecule has 1 aromatic rings. The topological polar surface area (TPSA) is 111 Å². The second-order valence-electron chi connectivity index (χ2n) is 7.17. The number of piperidine rings is 1. The highest BCUT2D eigenvalue weighted by Gasteiger charge is 2.44. The van der Waals surface area contributed by atoms with Crippen LogP contribution in [-0.4, -0.2) is 60.7 Å². The molecule has 0 aliphatic carbocycles. The van der Waals surface area contributed by atoms with Gasteiger partial charge >= 0.3 is 0 Å². The standard InChI is InChI=1S/C20H22N2O7.C2H6/c23-16-7-6-15(18(24)21-16)22-19(25)13-5-4-12(11-14(13)20(22)26)27-8-2-1-3-17-28-9-10-29-17;1-2/h4-5,11,15,17H,1-3,6-10H2,(H,21,23,24);1-2H3. The maximum absolute atomic E-state index is 12.8. The average molecular weight is 432 g/mol. The van der Waals surface area contributed by atoms with E-state index in [4.69, 9.17) is 14.2 Å². The van der Waals surface area contributed by atoms with E-state index in [0.717, 1.165) is 24.2 Å². The molecule has 3 aliphatic rings. The number of hydrogen-bond acceptors (Lipinski definition) is 7. The fourth-order valence-corrected chi connectivity index (χ4v) is 3.72. The molecule has 4 amide bonds. The Kier molecular flexibility index (Phi) is 7.75. The molecular formula is C22H28N2O7. The minimum atomic E-state index is -0.968. The van der Waals surface area contributed by atoms with Gasteiger partial charge in [-0.05, 0) is 43.9 Å². The Bertz CT molecular complexity index is 848. The van der Waals surface area contributed by atoms with Gasteiger partial charge in [-0.3, -0.25) is 29.4 Å². The summed E-state index contributed by atoms with van der Waals surface area (Å²) in [7, 11) is 0. The van der Waals surface area contributed by atoms with Crippen molar-refractivity contribution in [2.45, 2.75) is 58.3 Å². The second-order valence-corrected chi connectivity index (χ2v) is 7.17. The van der Waals surface area contributed by atoms with E-state index in [1.165, 1.54) is 12.1 Å². The molecule has 0 aromatic heterocycles. The van der Waals surface area contributed by atoms with Gasteiger partial charge in [-0.15, -0.1) is 0 Å². The molecule has 31 heavy (non-hydrogen) atoms. The quantitative estimate of drug-likeness (QED) is 0.518. The van der Waals surface area contributed by atoms with Crippen molar-refractivity contribution in [1.29, 1.82) is 0 Å². The number of imide groups is 2. The van der Waals surface area contributed by atoms with E-state index in [1.807, 2.05) is 13.8 Å². The van der Waals surface area contributed by atoms with Crippen LogP contribution in [-0.2, 0) is 19.1 Å². The van der Waals surface area contributed by atoms with Crippen molar-refractivity contribution in [2.24, 2.45) is 0 Å². The summed E-state index contributed by atoms with van der Waals surface area (Å²) in [6, 6.07) is 3.74. The lowest BCUT2D eigenvalue weighted by Gasteiger charge is -2.27. The predicted molar refractivity (Wildman–Crippen MR) is 109 cm³/mol. The summed E-state index contributed by atoms with van der Waals surface area (Å²) in [5.41, 5.74) is 0.451. The summed E-state index contributed by atoms with van der Waals surface area (Å²) in [4.78, 5) is 49.8. The largest absolute Gasteiger partial charge is 0.494 e. The van der Waals surface area contributed by atoms with E-state index in [1.54, 1.807) is 6.07 Å². The molecule has 0 saturated carbocycles. The van der Waals surface area contributed by atoms with Gasteiger partial charge in [-0.25, -0.2) is 0 Å². The Labute approximate surface area is 181 Å². The summed E-state index contributed by atoms with van der Waals surface area (Å²) < 4.78 is 16.5. The summed E-state index contributed by atoms with van der Waals surface area (Å²) in [5.74, 6) is -1.60. The molecule has 3 aliphatic heterocycles. The van der Waals surface area contributed by atoms with Crippen LogP contribution in [0.1, 0.15) is 66.7 Å². The van der Waals surface area contributed by atoms with Crippen molar-refractivity contribution in [3.05, 3.63) is 29.3 Å². The van der Waals surface area contributed by atoms with Crippen LogP contribution in [0.25, 0.3) is 0 Å². The van der Waals surface area contributed by atoms with Gasteiger partial charge in [0.05, 0.1) is 30.9 Å². The molecule has 0 bridgehead atoms. The molecule has 1 atom stereocenters. The van der Waals surface area contributed by atoms with Crippen LogP contribution < -0.4 is 10.1 Å². The number of fused-ring (bicyclic) bond motifs is 1. The third kappa shape index (κ3) is 5.11. The number of carbonyl (C=O) groups is 4. The van der Waals surface area contributed by atoms with Crippen molar-refractivity contribution in [1.82, 2.24) is 10.2 Å². The summed E-state index contributed by atoms with van der Waals surface area (Å²) in [6.45, 7) is 5.74. The number of unbranched alkanes of at least 4 members (excludes halogenated alkanes) is 1. The summed E-state index contributed by atoms with van der Waals surface area (Å²) in [6.07, 6.45) is 2.59. The Morgan fingerprint density at radius 2 is 1.74 bits per heavy atom. The van der Waals surface area contributed by atoms with E-state index in [9.17, 15) is 19.2 Å². The van der Waals surface area contributed by atoms with Crippen LogP contribution in [0.15, 0.2) is 18.2 Å². The van der Waals surface area contributed by atoms with E-state index < -0.39 is 29.7 Å². The maximum atomic E-state index is 12.8. The van der Waals surface area contributed by atoms with Crippen molar-refractivity contribution in [3.63, 3.8) is 0 Å². The SMILES string of the molecule is CC.O=C1CCC(N2C(=O)c3ccc(OCCCCC4OCCO4)cc3C2=O)C(=O)N1. The van der Waals surface area contributed by atoms with Gasteiger partial charge in [0.2, 0.25) is 11.8 Å². The number of nitrogens with one attached hydrogen (secondary N) is 1. The van der Waals surface area contributed by atoms with Gasteiger partial charge in [0.25, 0.3) is 11.8 Å². The normalized spacial score (nSPS) is 21.0. The molecule has 1 aromatic carbocycles. The number of hydrogen-bond donors (Lipinski definition) is 1. The van der Waals surface area contributed by atoms with Crippen LogP contribution in [0.5, 0.6) is 5.75 Å². The first-order chi connectivity index (χ1) is 15.0. The molecule has 1 N–H and O–H groups in total. The van der Waals surface area contributed by atoms with E-state index in [2.05, 4.69) is 5.32 Å². The molecular weight excluding hydrogens is 404 g/mol. The van der Waals surface area contributed by atoms with Crippen molar-refractivity contribution in [3.8, 4) is 5.75 Å². The third-order valence-electron chi connectivity index (χ3n) is 5.20. The molecule has 9 heteroatoms. The maximum Gasteiger partial charge on any atom is 0.262 e. The van der Waals surface area contributed by atoms with Crippen molar-refractivity contribution in [2.75, 3.05) is 19.8 Å². The minimum Gasteiger partial charge on any atom is -0.494 e. The number of amides is 4. The molecule has 2 saturated heterocycles. The van der Waals surface area contributed by atoms with Gasteiger partial charge in [-0.2, -0.15) is 0 Å². The molecule has 0 radical (unpaired) electrons. The van der Waals surface area contributed by atoms with Crippen molar-refractivity contribution < 1.29 is 33.4 Å². The highest BCUT2D eigenvalue weighted by atomic mass is 16.7. The van der Waals surface area contributed by atoms with Crippen LogP contribution in [0.4, 0.5) is 0 Å². The monoisotopic (exact) mass is 432 g/mol. The highest BCUT2D eigenvalue weighted by molar-refractivity contribution is 6.23. The van der Waals surface area contributed by atoms with Crippen LogP contribution >= 0.6 is 0 Å². The van der Waals surface area contributed by atoms with Gasteiger partial charge < -0.3 is 14.2 Å². The minimum absolute atomic E-state index is 0.0924. The second kappa shape index (κ2) is 10.5. The molecule has 0 spiro atoms. The highest BCUT2D eigenvalue weighted by Crippen LogP contribution is 2.30. The zero-order valence-electron chi connectivity index (χ0n) is 17.8.